The maximum Gasteiger partial charge on any atom is 0.263 e. The van der Waals surface area contributed by atoms with Crippen molar-refractivity contribution >= 4 is 34.9 Å². The van der Waals surface area contributed by atoms with Crippen molar-refractivity contribution in [2.75, 3.05) is 32.0 Å². The van der Waals surface area contributed by atoms with Gasteiger partial charge in [-0.05, 0) is 31.2 Å². The second kappa shape index (κ2) is 8.34. The van der Waals surface area contributed by atoms with E-state index in [1.165, 1.54) is 16.2 Å². The molecular weight excluding hydrogens is 368 g/mol. The quantitative estimate of drug-likeness (QED) is 0.842. The van der Waals surface area contributed by atoms with Gasteiger partial charge in [-0.2, -0.15) is 0 Å². The molecule has 1 aliphatic heterocycles. The van der Waals surface area contributed by atoms with E-state index in [2.05, 4.69) is 10.5 Å². The summed E-state index contributed by atoms with van der Waals surface area (Å²) >= 11 is 1.42. The second-order valence-corrected chi connectivity index (χ2v) is 7.56. The van der Waals surface area contributed by atoms with E-state index in [0.29, 0.717) is 37.5 Å². The van der Waals surface area contributed by atoms with E-state index >= 15 is 0 Å². The molecule has 1 saturated heterocycles. The number of likely N-dealkylation sites (N-methyl/N-ethyl adjacent to an activating group) is 1. The Morgan fingerprint density at radius 1 is 1.37 bits per heavy atom. The number of carbonyl (C=O) groups excluding carboxylic acids is 3. The van der Waals surface area contributed by atoms with Crippen LogP contribution < -0.4 is 5.32 Å². The zero-order chi connectivity index (χ0) is 19.4. The molecule has 9 heteroatoms. The largest absolute Gasteiger partial charge is 0.360 e. The number of rotatable bonds is 5. The molecule has 3 amide bonds. The maximum atomic E-state index is 12.6. The Morgan fingerprint density at radius 3 is 2.70 bits per heavy atom. The number of nitrogens with zero attached hydrogens (tertiary/aromatic N) is 3. The van der Waals surface area contributed by atoms with E-state index in [1.807, 2.05) is 17.5 Å². The minimum atomic E-state index is -0.329. The summed E-state index contributed by atoms with van der Waals surface area (Å²) in [6.45, 7) is 2.77. The van der Waals surface area contributed by atoms with Gasteiger partial charge in [0.05, 0.1) is 11.4 Å². The molecule has 0 aromatic carbocycles. The Bertz CT molecular complexity index is 809. The maximum absolute atomic E-state index is 12.6. The molecule has 3 heterocycles. The van der Waals surface area contributed by atoms with E-state index in [9.17, 15) is 14.4 Å². The van der Waals surface area contributed by atoms with Crippen molar-refractivity contribution in [1.82, 2.24) is 15.0 Å². The summed E-state index contributed by atoms with van der Waals surface area (Å²) in [6, 6.07) is 5.28. The molecule has 0 aliphatic carbocycles. The van der Waals surface area contributed by atoms with Crippen LogP contribution in [0.5, 0.6) is 0 Å². The van der Waals surface area contributed by atoms with Crippen molar-refractivity contribution in [3.05, 3.63) is 34.2 Å². The predicted molar refractivity (Wildman–Crippen MR) is 100 cm³/mol. The van der Waals surface area contributed by atoms with Crippen LogP contribution in [0.1, 0.15) is 28.3 Å². The molecule has 0 atom stereocenters. The molecular formula is C18H22N4O4S. The molecule has 0 bridgehead atoms. The van der Waals surface area contributed by atoms with Gasteiger partial charge in [-0.1, -0.05) is 11.2 Å². The van der Waals surface area contributed by atoms with Crippen molar-refractivity contribution in [2.24, 2.45) is 5.92 Å². The van der Waals surface area contributed by atoms with Crippen LogP contribution in [0.25, 0.3) is 0 Å². The van der Waals surface area contributed by atoms with E-state index in [0.717, 1.165) is 4.88 Å². The summed E-state index contributed by atoms with van der Waals surface area (Å²) in [5.41, 5.74) is 0. The predicted octanol–water partition coefficient (Wildman–Crippen LogP) is 1.99. The third kappa shape index (κ3) is 4.73. The molecule has 8 nitrogen and oxygen atoms in total. The molecule has 2 aromatic heterocycles. The Balaban J connectivity index is 1.46. The molecule has 1 N–H and O–H groups in total. The Labute approximate surface area is 161 Å². The molecule has 0 spiro atoms. The van der Waals surface area contributed by atoms with Gasteiger partial charge in [-0.3, -0.25) is 14.4 Å². The first-order valence-electron chi connectivity index (χ1n) is 8.75. The van der Waals surface area contributed by atoms with E-state index in [-0.39, 0.29) is 30.2 Å². The zero-order valence-corrected chi connectivity index (χ0v) is 16.1. The normalized spacial score (nSPS) is 14.8. The summed E-state index contributed by atoms with van der Waals surface area (Å²) in [4.78, 5) is 41.0. The Morgan fingerprint density at radius 2 is 2.11 bits per heavy atom. The van der Waals surface area contributed by atoms with E-state index in [1.54, 1.807) is 24.9 Å². The fraction of sp³-hybridized carbons (Fsp3) is 0.444. The van der Waals surface area contributed by atoms with Crippen LogP contribution in [0.3, 0.4) is 0 Å². The number of hydrogen-bond donors (Lipinski definition) is 1. The molecule has 0 saturated carbocycles. The lowest BCUT2D eigenvalue weighted by molar-refractivity contribution is -0.138. The van der Waals surface area contributed by atoms with Crippen LogP contribution in [0.15, 0.2) is 28.1 Å². The average Bonchev–Trinajstić information content (AvgIpc) is 3.32. The molecule has 144 valence electrons. The molecule has 2 aromatic rings. The van der Waals surface area contributed by atoms with Gasteiger partial charge in [0.25, 0.3) is 5.91 Å². The number of nitrogens with one attached hydrogen (secondary N) is 1. The van der Waals surface area contributed by atoms with Gasteiger partial charge in [0.2, 0.25) is 11.8 Å². The van der Waals surface area contributed by atoms with E-state index < -0.39 is 0 Å². The van der Waals surface area contributed by atoms with Crippen molar-refractivity contribution in [1.29, 1.82) is 0 Å². The third-order valence-electron chi connectivity index (χ3n) is 4.52. The lowest BCUT2D eigenvalue weighted by Gasteiger charge is -2.32. The van der Waals surface area contributed by atoms with Gasteiger partial charge in [0, 0.05) is 32.1 Å². The highest BCUT2D eigenvalue weighted by Gasteiger charge is 2.30. The standard InChI is InChI=1S/C18H22N4O4S/c1-12-10-15(20-26-12)19-16(23)11-21(2)17(24)13-5-7-22(8-6-13)18(25)14-4-3-9-27-14/h3-4,9-10,13H,5-8,11H2,1-2H3,(H,19,20,23). The second-order valence-electron chi connectivity index (χ2n) is 6.61. The van der Waals surface area contributed by atoms with Crippen LogP contribution in [0.2, 0.25) is 0 Å². The Kier molecular flexibility index (Phi) is 5.90. The summed E-state index contributed by atoms with van der Waals surface area (Å²) in [5, 5.41) is 8.18. The highest BCUT2D eigenvalue weighted by molar-refractivity contribution is 7.12. The molecule has 27 heavy (non-hydrogen) atoms. The number of thiophene rings is 1. The van der Waals surface area contributed by atoms with Gasteiger partial charge in [0.15, 0.2) is 5.82 Å². The first-order valence-corrected chi connectivity index (χ1v) is 9.63. The summed E-state index contributed by atoms with van der Waals surface area (Å²) in [7, 11) is 1.61. The number of amides is 3. The van der Waals surface area contributed by atoms with Gasteiger partial charge >= 0.3 is 0 Å². The number of piperidine rings is 1. The SMILES string of the molecule is Cc1cc(NC(=O)CN(C)C(=O)C2CCN(C(=O)c3cccs3)CC2)no1. The molecule has 3 rings (SSSR count). The van der Waals surface area contributed by atoms with Crippen LogP contribution in [-0.2, 0) is 9.59 Å². The van der Waals surface area contributed by atoms with Crippen molar-refractivity contribution in [2.45, 2.75) is 19.8 Å². The van der Waals surface area contributed by atoms with Gasteiger partial charge < -0.3 is 19.6 Å². The minimum absolute atomic E-state index is 0.0199. The topological polar surface area (TPSA) is 95.8 Å². The molecule has 1 aliphatic rings. The third-order valence-corrected chi connectivity index (χ3v) is 5.37. The van der Waals surface area contributed by atoms with Crippen LogP contribution >= 0.6 is 11.3 Å². The van der Waals surface area contributed by atoms with Crippen molar-refractivity contribution in [3.63, 3.8) is 0 Å². The number of hydrogen-bond acceptors (Lipinski definition) is 6. The number of likely N-dealkylation sites (tertiary alicyclic amines) is 1. The summed E-state index contributed by atoms with van der Waals surface area (Å²) in [5.74, 6) is 0.363. The van der Waals surface area contributed by atoms with Crippen molar-refractivity contribution < 1.29 is 18.9 Å². The summed E-state index contributed by atoms with van der Waals surface area (Å²) in [6.07, 6.45) is 1.20. The fourth-order valence-electron chi connectivity index (χ4n) is 3.10. The van der Waals surface area contributed by atoms with Crippen molar-refractivity contribution in [3.8, 4) is 0 Å². The monoisotopic (exact) mass is 390 g/mol. The highest BCUT2D eigenvalue weighted by atomic mass is 32.1. The average molecular weight is 390 g/mol. The number of carbonyl (C=O) groups is 3. The summed E-state index contributed by atoms with van der Waals surface area (Å²) < 4.78 is 4.89. The number of anilines is 1. The van der Waals surface area contributed by atoms with Gasteiger partial charge in [-0.25, -0.2) is 0 Å². The smallest absolute Gasteiger partial charge is 0.263 e. The molecule has 1 fully saturated rings. The first-order chi connectivity index (χ1) is 12.9. The fourth-order valence-corrected chi connectivity index (χ4v) is 3.79. The van der Waals surface area contributed by atoms with Crippen LogP contribution in [-0.4, -0.2) is 59.4 Å². The molecule has 0 radical (unpaired) electrons. The van der Waals surface area contributed by atoms with Crippen LogP contribution in [0.4, 0.5) is 5.82 Å². The lowest BCUT2D eigenvalue weighted by Crippen LogP contribution is -2.44. The zero-order valence-electron chi connectivity index (χ0n) is 15.3. The first kappa shape index (κ1) is 19.1. The number of aryl methyl sites for hydroxylation is 1. The van der Waals surface area contributed by atoms with Gasteiger partial charge in [-0.15, -0.1) is 11.3 Å². The Hall–Kier alpha value is -2.68. The van der Waals surface area contributed by atoms with Crippen LogP contribution in [0, 0.1) is 12.8 Å². The minimum Gasteiger partial charge on any atom is -0.360 e. The highest BCUT2D eigenvalue weighted by Crippen LogP contribution is 2.22. The number of aromatic nitrogens is 1. The molecule has 0 unspecified atom stereocenters. The van der Waals surface area contributed by atoms with E-state index in [4.69, 9.17) is 4.52 Å². The lowest BCUT2D eigenvalue weighted by atomic mass is 9.95. The van der Waals surface area contributed by atoms with Gasteiger partial charge in [0.1, 0.15) is 5.76 Å².